The van der Waals surface area contributed by atoms with Gasteiger partial charge in [-0.05, 0) is 25.8 Å². The van der Waals surface area contributed by atoms with E-state index in [2.05, 4.69) is 5.10 Å². The molecule has 0 aromatic carbocycles. The number of likely N-dealkylation sites (tertiary alicyclic amines) is 1. The molecule has 0 bridgehead atoms. The number of allylic oxidation sites excluding steroid dienone is 1. The molecule has 2 aliphatic rings. The predicted molar refractivity (Wildman–Crippen MR) is 91.5 cm³/mol. The number of aryl methyl sites for hydroxylation is 1. The molecule has 1 atom stereocenters. The largest absolute Gasteiger partial charge is 0.435 e. The van der Waals surface area contributed by atoms with E-state index in [0.717, 1.165) is 10.7 Å². The molecular weight excluding hydrogens is 361 g/mol. The number of Topliss-reactive ketones (excluding diaryl/α,β-unsaturated/α-hetero) is 1. The third kappa shape index (κ3) is 3.35. The molecule has 9 heteroatoms. The molecule has 1 aromatic rings. The Labute approximate surface area is 155 Å². The molecule has 6 nitrogen and oxygen atoms in total. The van der Waals surface area contributed by atoms with Crippen LogP contribution in [-0.2, 0) is 17.5 Å². The van der Waals surface area contributed by atoms with Crippen LogP contribution in [0.1, 0.15) is 49.8 Å². The number of ketones is 1. The summed E-state index contributed by atoms with van der Waals surface area (Å²) >= 11 is 0. The Bertz CT molecular complexity index is 825. The summed E-state index contributed by atoms with van der Waals surface area (Å²) in [5, 5.41) is 3.51. The van der Waals surface area contributed by atoms with E-state index in [1.165, 1.54) is 4.90 Å². The van der Waals surface area contributed by atoms with E-state index in [0.29, 0.717) is 25.9 Å². The second-order valence-corrected chi connectivity index (χ2v) is 8.06. The van der Waals surface area contributed by atoms with Crippen LogP contribution in [0.4, 0.5) is 13.2 Å². The first-order valence-corrected chi connectivity index (χ1v) is 8.86. The predicted octanol–water partition coefficient (Wildman–Crippen LogP) is 2.60. The molecule has 1 aliphatic heterocycles. The van der Waals surface area contributed by atoms with Crippen molar-refractivity contribution in [3.05, 3.63) is 29.2 Å². The Morgan fingerprint density at radius 3 is 2.59 bits per heavy atom. The van der Waals surface area contributed by atoms with Crippen LogP contribution in [0.2, 0.25) is 0 Å². The van der Waals surface area contributed by atoms with Crippen LogP contribution < -0.4 is 5.73 Å². The van der Waals surface area contributed by atoms with Gasteiger partial charge >= 0.3 is 6.18 Å². The molecule has 2 N–H and O–H groups in total. The van der Waals surface area contributed by atoms with Gasteiger partial charge in [-0.25, -0.2) is 0 Å². The van der Waals surface area contributed by atoms with E-state index in [9.17, 15) is 22.8 Å². The van der Waals surface area contributed by atoms with Crippen LogP contribution in [0.15, 0.2) is 17.8 Å². The fourth-order valence-corrected chi connectivity index (χ4v) is 4.26. The minimum absolute atomic E-state index is 0.0787. The normalized spacial score (nSPS) is 25.2. The van der Waals surface area contributed by atoms with Crippen molar-refractivity contribution in [1.82, 2.24) is 14.7 Å². The van der Waals surface area contributed by atoms with Gasteiger partial charge < -0.3 is 10.6 Å². The summed E-state index contributed by atoms with van der Waals surface area (Å²) in [6.07, 6.45) is -1.72. The first kappa shape index (κ1) is 19.4. The van der Waals surface area contributed by atoms with Crippen LogP contribution in [-0.4, -0.2) is 39.5 Å². The summed E-state index contributed by atoms with van der Waals surface area (Å²) in [4.78, 5) is 26.6. The lowest BCUT2D eigenvalue weighted by molar-refractivity contribution is -0.141. The van der Waals surface area contributed by atoms with E-state index < -0.39 is 28.6 Å². The first-order chi connectivity index (χ1) is 12.4. The molecule has 1 aliphatic carbocycles. The highest BCUT2D eigenvalue weighted by molar-refractivity contribution is 6.00. The topological polar surface area (TPSA) is 81.2 Å². The molecule has 0 saturated carbocycles. The Balaban J connectivity index is 1.87. The van der Waals surface area contributed by atoms with Gasteiger partial charge in [0.05, 0.1) is 5.70 Å². The highest BCUT2D eigenvalue weighted by Crippen LogP contribution is 2.47. The molecule has 27 heavy (non-hydrogen) atoms. The van der Waals surface area contributed by atoms with Gasteiger partial charge in [-0.2, -0.15) is 18.3 Å². The van der Waals surface area contributed by atoms with Gasteiger partial charge in [0.25, 0.3) is 5.91 Å². The van der Waals surface area contributed by atoms with E-state index in [1.807, 2.05) is 13.8 Å². The van der Waals surface area contributed by atoms with Gasteiger partial charge in [-0.3, -0.25) is 14.3 Å². The molecule has 148 valence electrons. The summed E-state index contributed by atoms with van der Waals surface area (Å²) in [5.74, 6) is -0.602. The number of hydrogen-bond donors (Lipinski definition) is 1. The molecule has 1 aromatic heterocycles. The lowest BCUT2D eigenvalue weighted by Crippen LogP contribution is -2.42. The van der Waals surface area contributed by atoms with Crippen molar-refractivity contribution in [2.24, 2.45) is 16.6 Å². The van der Waals surface area contributed by atoms with Gasteiger partial charge in [0.15, 0.2) is 11.5 Å². The van der Waals surface area contributed by atoms with Crippen molar-refractivity contribution < 1.29 is 22.8 Å². The number of carbonyl (C=O) groups excluding carboxylic acids is 2. The molecule has 2 heterocycles. The smallest absolute Gasteiger partial charge is 0.396 e. The van der Waals surface area contributed by atoms with Gasteiger partial charge in [-0.1, -0.05) is 13.8 Å². The molecule has 1 saturated heterocycles. The van der Waals surface area contributed by atoms with Gasteiger partial charge in [0, 0.05) is 36.5 Å². The lowest BCUT2D eigenvalue weighted by Gasteiger charge is -2.39. The minimum atomic E-state index is -4.60. The maximum absolute atomic E-state index is 13.0. The zero-order chi connectivity index (χ0) is 20.2. The summed E-state index contributed by atoms with van der Waals surface area (Å²) in [5.41, 5.74) is 3.89. The summed E-state index contributed by atoms with van der Waals surface area (Å²) < 4.78 is 39.9. The maximum Gasteiger partial charge on any atom is 0.435 e. The van der Waals surface area contributed by atoms with Crippen molar-refractivity contribution in [1.29, 1.82) is 0 Å². The summed E-state index contributed by atoms with van der Waals surface area (Å²) in [6, 6.07) is 0.801. The zero-order valence-corrected chi connectivity index (χ0v) is 15.6. The SMILES string of the molecule is CCn1nc(C(F)(F)F)cc1C(=O)N1CC[C@]2(C=C(N)C(=O)C(C)(C)C2)C1. The Morgan fingerprint density at radius 1 is 1.37 bits per heavy atom. The van der Waals surface area contributed by atoms with Crippen molar-refractivity contribution in [2.75, 3.05) is 13.1 Å². The quantitative estimate of drug-likeness (QED) is 0.850. The zero-order valence-electron chi connectivity index (χ0n) is 15.6. The van der Waals surface area contributed by atoms with E-state index in [-0.39, 0.29) is 23.7 Å². The molecule has 1 spiro atoms. The monoisotopic (exact) mass is 384 g/mol. The molecular formula is C18H23F3N4O2. The second-order valence-electron chi connectivity index (χ2n) is 8.06. The van der Waals surface area contributed by atoms with Gasteiger partial charge in [0.2, 0.25) is 0 Å². The minimum Gasteiger partial charge on any atom is -0.396 e. The summed E-state index contributed by atoms with van der Waals surface area (Å²) in [7, 11) is 0. The second kappa shape index (κ2) is 6.10. The molecule has 3 rings (SSSR count). The van der Waals surface area contributed by atoms with Crippen LogP contribution in [0, 0.1) is 10.8 Å². The van der Waals surface area contributed by atoms with Gasteiger partial charge in [0.1, 0.15) is 5.69 Å². The van der Waals surface area contributed by atoms with E-state index in [4.69, 9.17) is 5.73 Å². The lowest BCUT2D eigenvalue weighted by atomic mass is 9.65. The Kier molecular flexibility index (Phi) is 4.39. The number of carbonyl (C=O) groups is 2. The number of nitrogens with zero attached hydrogens (tertiary/aromatic N) is 3. The molecule has 0 radical (unpaired) electrons. The third-order valence-corrected chi connectivity index (χ3v) is 5.39. The van der Waals surface area contributed by atoms with Gasteiger partial charge in [-0.15, -0.1) is 0 Å². The number of halogens is 3. The maximum atomic E-state index is 13.0. The standard InChI is InChI=1S/C18H23F3N4O2/c1-4-25-12(7-13(23-25)18(19,20)21)15(27)24-6-5-17(10-24)8-11(22)14(26)16(2,3)9-17/h7-8H,4-6,9-10,22H2,1-3H3/t17-/m1/s1. The van der Waals surface area contributed by atoms with Crippen LogP contribution in [0.5, 0.6) is 0 Å². The number of rotatable bonds is 2. The fraction of sp³-hybridized carbons (Fsp3) is 0.611. The van der Waals surface area contributed by atoms with E-state index >= 15 is 0 Å². The molecule has 1 fully saturated rings. The Hall–Kier alpha value is -2.32. The molecule has 0 unspecified atom stereocenters. The van der Waals surface area contributed by atoms with Crippen LogP contribution in [0.25, 0.3) is 0 Å². The Morgan fingerprint density at radius 2 is 2.04 bits per heavy atom. The number of hydrogen-bond acceptors (Lipinski definition) is 4. The van der Waals surface area contributed by atoms with Crippen molar-refractivity contribution in [2.45, 2.75) is 46.3 Å². The van der Waals surface area contributed by atoms with Crippen LogP contribution >= 0.6 is 0 Å². The number of aromatic nitrogens is 2. The number of nitrogens with two attached hydrogens (primary N) is 1. The number of amides is 1. The molecule has 1 amide bonds. The fourth-order valence-electron chi connectivity index (χ4n) is 4.26. The van der Waals surface area contributed by atoms with Crippen LogP contribution in [0.3, 0.4) is 0 Å². The first-order valence-electron chi connectivity index (χ1n) is 8.86. The summed E-state index contributed by atoms with van der Waals surface area (Å²) in [6.45, 7) is 6.15. The van der Waals surface area contributed by atoms with Crippen molar-refractivity contribution >= 4 is 11.7 Å². The average molecular weight is 384 g/mol. The number of alkyl halides is 3. The highest BCUT2D eigenvalue weighted by atomic mass is 19.4. The van der Waals surface area contributed by atoms with Crippen molar-refractivity contribution in [3.63, 3.8) is 0 Å². The average Bonchev–Trinajstić information content (AvgIpc) is 3.16. The van der Waals surface area contributed by atoms with E-state index in [1.54, 1.807) is 13.0 Å². The third-order valence-electron chi connectivity index (χ3n) is 5.39. The highest BCUT2D eigenvalue weighted by Gasteiger charge is 2.48. The van der Waals surface area contributed by atoms with Crippen molar-refractivity contribution in [3.8, 4) is 0 Å².